The Balaban J connectivity index is 0.000000249. The van der Waals surface area contributed by atoms with Crippen LogP contribution in [0, 0.1) is 5.92 Å². The molecule has 0 saturated heterocycles. The predicted molar refractivity (Wildman–Crippen MR) is 81.3 cm³/mol. The molecule has 0 saturated carbocycles. The van der Waals surface area contributed by atoms with Crippen LogP contribution in [0.1, 0.15) is 13.8 Å². The average molecular weight is 244 g/mol. The molecule has 0 fully saturated rings. The molecule has 0 aliphatic heterocycles. The summed E-state index contributed by atoms with van der Waals surface area (Å²) in [6, 6.07) is 20.8. The number of benzene rings is 2. The van der Waals surface area contributed by atoms with Gasteiger partial charge in [0.15, 0.2) is 0 Å². The van der Waals surface area contributed by atoms with E-state index in [9.17, 15) is 0 Å². The largest absolute Gasteiger partial charge is 0.137 e. The first-order chi connectivity index (χ1) is 8.24. The Morgan fingerprint density at radius 1 is 0.765 bits per heavy atom. The molecule has 0 radical (unpaired) electrons. The van der Waals surface area contributed by atoms with Crippen LogP contribution in [0.3, 0.4) is 0 Å². The Bertz CT molecular complexity index is 355. The van der Waals surface area contributed by atoms with Crippen LogP contribution < -0.4 is 0 Å². The fourth-order valence-corrected chi connectivity index (χ4v) is 1.26. The molecular formula is C16H21P. The molecule has 0 aliphatic rings. The fraction of sp³-hybridized carbons (Fsp3) is 0.250. The van der Waals surface area contributed by atoms with Crippen LogP contribution in [0.4, 0.5) is 0 Å². The van der Waals surface area contributed by atoms with Crippen molar-refractivity contribution in [2.24, 2.45) is 5.92 Å². The van der Waals surface area contributed by atoms with E-state index in [1.165, 1.54) is 17.3 Å². The zero-order valence-corrected chi connectivity index (χ0v) is 11.8. The van der Waals surface area contributed by atoms with E-state index in [-0.39, 0.29) is 0 Å². The molecule has 2 rings (SSSR count). The second-order valence-electron chi connectivity index (χ2n) is 4.36. The summed E-state index contributed by atoms with van der Waals surface area (Å²) in [5, 5.41) is 0. The molecule has 0 amide bonds. The first-order valence-corrected chi connectivity index (χ1v) is 6.86. The smallest absolute Gasteiger partial charge is 0.0184 e. The second-order valence-corrected chi connectivity index (χ2v) is 4.83. The van der Waals surface area contributed by atoms with E-state index < -0.39 is 0 Å². The molecule has 0 aromatic heterocycles. The van der Waals surface area contributed by atoms with E-state index in [4.69, 9.17) is 0 Å². The van der Waals surface area contributed by atoms with E-state index in [0.29, 0.717) is 0 Å². The maximum absolute atomic E-state index is 2.69. The SMILES string of the molecule is CC(C)CP.c1ccc(-c2ccccc2)cc1. The van der Waals surface area contributed by atoms with Crippen LogP contribution in [0.15, 0.2) is 60.7 Å². The Morgan fingerprint density at radius 2 is 1.06 bits per heavy atom. The summed E-state index contributed by atoms with van der Waals surface area (Å²) in [6.45, 7) is 4.40. The van der Waals surface area contributed by atoms with Crippen molar-refractivity contribution in [1.29, 1.82) is 0 Å². The fourth-order valence-electron chi connectivity index (χ4n) is 1.26. The molecule has 90 valence electrons. The highest BCUT2D eigenvalue weighted by molar-refractivity contribution is 7.16. The highest BCUT2D eigenvalue weighted by atomic mass is 31.0. The summed E-state index contributed by atoms with van der Waals surface area (Å²) in [7, 11) is 2.69. The molecule has 0 nitrogen and oxygen atoms in total. The summed E-state index contributed by atoms with van der Waals surface area (Å²) in [5.41, 5.74) is 2.55. The maximum Gasteiger partial charge on any atom is -0.0184 e. The third-order valence-corrected chi connectivity index (χ3v) is 3.30. The molecule has 0 aliphatic carbocycles. The molecule has 0 heterocycles. The molecule has 1 atom stereocenters. The van der Waals surface area contributed by atoms with Gasteiger partial charge in [-0.15, -0.1) is 9.24 Å². The van der Waals surface area contributed by atoms with Gasteiger partial charge in [-0.2, -0.15) is 0 Å². The summed E-state index contributed by atoms with van der Waals surface area (Å²) >= 11 is 0. The molecule has 1 heteroatoms. The van der Waals surface area contributed by atoms with Gasteiger partial charge < -0.3 is 0 Å². The topological polar surface area (TPSA) is 0 Å². The first kappa shape index (κ1) is 13.9. The zero-order valence-electron chi connectivity index (χ0n) is 10.6. The van der Waals surface area contributed by atoms with Crippen molar-refractivity contribution in [3.8, 4) is 11.1 Å². The van der Waals surface area contributed by atoms with Crippen molar-refractivity contribution in [2.45, 2.75) is 13.8 Å². The molecule has 2 aromatic rings. The third kappa shape index (κ3) is 5.65. The standard InChI is InChI=1S/C12H10.C4H11P/c1-3-7-11(8-4-1)12-9-5-2-6-10-12;1-4(2)3-5/h1-10H;4H,3,5H2,1-2H3. The van der Waals surface area contributed by atoms with Gasteiger partial charge in [0.05, 0.1) is 0 Å². The Hall–Kier alpha value is -1.13. The quantitative estimate of drug-likeness (QED) is 0.661. The lowest BCUT2D eigenvalue weighted by molar-refractivity contribution is 0.750. The van der Waals surface area contributed by atoms with Crippen molar-refractivity contribution >= 4 is 9.24 Å². The normalized spacial score (nSPS) is 9.65. The second kappa shape index (κ2) is 8.03. The lowest BCUT2D eigenvalue weighted by atomic mass is 10.1. The van der Waals surface area contributed by atoms with Crippen LogP contribution in [-0.4, -0.2) is 6.16 Å². The lowest BCUT2D eigenvalue weighted by Gasteiger charge is -1.98. The molecule has 0 spiro atoms. The molecule has 1 unspecified atom stereocenters. The number of rotatable bonds is 2. The summed E-state index contributed by atoms with van der Waals surface area (Å²) in [4.78, 5) is 0. The van der Waals surface area contributed by atoms with Crippen LogP contribution in [-0.2, 0) is 0 Å². The van der Waals surface area contributed by atoms with Gasteiger partial charge in [-0.3, -0.25) is 0 Å². The average Bonchev–Trinajstić information content (AvgIpc) is 2.41. The minimum Gasteiger partial charge on any atom is -0.137 e. The van der Waals surface area contributed by atoms with Crippen LogP contribution >= 0.6 is 9.24 Å². The molecule has 0 N–H and O–H groups in total. The Kier molecular flexibility index (Phi) is 6.58. The minimum atomic E-state index is 0.847. The summed E-state index contributed by atoms with van der Waals surface area (Å²) < 4.78 is 0. The van der Waals surface area contributed by atoms with Crippen molar-refractivity contribution < 1.29 is 0 Å². The van der Waals surface area contributed by atoms with Gasteiger partial charge in [0.2, 0.25) is 0 Å². The maximum atomic E-state index is 2.69. The van der Waals surface area contributed by atoms with E-state index in [1.54, 1.807) is 0 Å². The Morgan fingerprint density at radius 3 is 1.29 bits per heavy atom. The zero-order chi connectivity index (χ0) is 12.5. The van der Waals surface area contributed by atoms with Crippen molar-refractivity contribution in [3.05, 3.63) is 60.7 Å². The van der Waals surface area contributed by atoms with E-state index in [2.05, 4.69) is 71.6 Å². The van der Waals surface area contributed by atoms with Crippen molar-refractivity contribution in [3.63, 3.8) is 0 Å². The van der Waals surface area contributed by atoms with Crippen LogP contribution in [0.2, 0.25) is 0 Å². The summed E-state index contributed by atoms with van der Waals surface area (Å²) in [5.74, 6) is 0.847. The highest BCUT2D eigenvalue weighted by Crippen LogP contribution is 2.17. The number of hydrogen-bond acceptors (Lipinski definition) is 0. The van der Waals surface area contributed by atoms with Gasteiger partial charge in [-0.25, -0.2) is 0 Å². The molecule has 0 bridgehead atoms. The van der Waals surface area contributed by atoms with Gasteiger partial charge in [-0.05, 0) is 23.2 Å². The summed E-state index contributed by atoms with van der Waals surface area (Å²) in [6.07, 6.45) is 1.22. The Labute approximate surface area is 107 Å². The van der Waals surface area contributed by atoms with Gasteiger partial charge >= 0.3 is 0 Å². The highest BCUT2D eigenvalue weighted by Gasteiger charge is 1.91. The van der Waals surface area contributed by atoms with Gasteiger partial charge in [0, 0.05) is 0 Å². The van der Waals surface area contributed by atoms with Crippen molar-refractivity contribution in [1.82, 2.24) is 0 Å². The van der Waals surface area contributed by atoms with E-state index in [1.807, 2.05) is 12.1 Å². The van der Waals surface area contributed by atoms with E-state index >= 15 is 0 Å². The van der Waals surface area contributed by atoms with Gasteiger partial charge in [-0.1, -0.05) is 74.5 Å². The van der Waals surface area contributed by atoms with Crippen LogP contribution in [0.25, 0.3) is 11.1 Å². The van der Waals surface area contributed by atoms with Gasteiger partial charge in [0.1, 0.15) is 0 Å². The predicted octanol–water partition coefficient (Wildman–Crippen LogP) is 4.87. The van der Waals surface area contributed by atoms with Gasteiger partial charge in [0.25, 0.3) is 0 Å². The molecule has 17 heavy (non-hydrogen) atoms. The first-order valence-electron chi connectivity index (χ1n) is 6.04. The van der Waals surface area contributed by atoms with Crippen LogP contribution in [0.5, 0.6) is 0 Å². The minimum absolute atomic E-state index is 0.847. The van der Waals surface area contributed by atoms with E-state index in [0.717, 1.165) is 5.92 Å². The third-order valence-electron chi connectivity index (χ3n) is 2.35. The van der Waals surface area contributed by atoms with Crippen molar-refractivity contribution in [2.75, 3.05) is 6.16 Å². The monoisotopic (exact) mass is 244 g/mol. The molecule has 2 aromatic carbocycles. The molecular weight excluding hydrogens is 223 g/mol. The lowest BCUT2D eigenvalue weighted by Crippen LogP contribution is -1.82. The number of hydrogen-bond donors (Lipinski definition) is 0.